The number of thiophene rings is 1. The Morgan fingerprint density at radius 3 is 2.79 bits per heavy atom. The van der Waals surface area contributed by atoms with E-state index in [1.54, 1.807) is 6.07 Å². The lowest BCUT2D eigenvalue weighted by molar-refractivity contribution is -0.119. The van der Waals surface area contributed by atoms with E-state index in [-0.39, 0.29) is 5.69 Å². The molecule has 0 saturated heterocycles. The smallest absolute Gasteiger partial charge is 0.348 e. The molecule has 1 N–H and O–H groups in total. The zero-order valence-electron chi connectivity index (χ0n) is 14.3. The normalized spacial score (nSPS) is 11.8. The molecule has 2 aromatic carbocycles. The number of esters is 1. The summed E-state index contributed by atoms with van der Waals surface area (Å²) in [7, 11) is 0. The van der Waals surface area contributed by atoms with Gasteiger partial charge in [-0.1, -0.05) is 12.1 Å². The molecule has 0 radical (unpaired) electrons. The van der Waals surface area contributed by atoms with E-state index in [1.807, 2.05) is 24.3 Å². The van der Waals surface area contributed by atoms with Crippen LogP contribution in [0.4, 0.5) is 14.5 Å². The van der Waals surface area contributed by atoms with E-state index in [1.165, 1.54) is 11.3 Å². The fourth-order valence-electron chi connectivity index (χ4n) is 2.78. The Morgan fingerprint density at radius 1 is 1.14 bits per heavy atom. The van der Waals surface area contributed by atoms with Crippen LogP contribution in [0.1, 0.15) is 15.2 Å². The molecule has 0 bridgehead atoms. The molecular weight excluding hydrogens is 388 g/mol. The minimum Gasteiger partial charge on any atom is -0.488 e. The first-order chi connectivity index (χ1) is 13.5. The number of nitrogens with one attached hydrogen (secondary N) is 1. The van der Waals surface area contributed by atoms with Crippen LogP contribution in [0.3, 0.4) is 0 Å². The van der Waals surface area contributed by atoms with E-state index in [0.717, 1.165) is 33.9 Å². The molecule has 5 nitrogen and oxygen atoms in total. The van der Waals surface area contributed by atoms with Crippen LogP contribution in [0.25, 0.3) is 10.4 Å². The van der Waals surface area contributed by atoms with Gasteiger partial charge in [-0.3, -0.25) is 4.79 Å². The number of para-hydroxylation sites is 1. The molecule has 0 unspecified atom stereocenters. The van der Waals surface area contributed by atoms with Crippen LogP contribution in [-0.2, 0) is 16.1 Å². The standard InChI is InChI=1S/C20H13F2NO4S/c21-12-5-6-15(14(22)8-12)23-18(24)10-27-20(25)17-7-11-9-26-16-4-2-1-3-13(16)19(11)28-17/h1-8H,9-10H2,(H,23,24). The topological polar surface area (TPSA) is 64.6 Å². The molecule has 142 valence electrons. The number of carbonyl (C=O) groups is 2. The Balaban J connectivity index is 1.41. The number of ether oxygens (including phenoxy) is 2. The minimum absolute atomic E-state index is 0.192. The molecule has 0 atom stereocenters. The van der Waals surface area contributed by atoms with Gasteiger partial charge in [-0.05, 0) is 30.3 Å². The van der Waals surface area contributed by atoms with Gasteiger partial charge < -0.3 is 14.8 Å². The molecule has 0 aliphatic carbocycles. The van der Waals surface area contributed by atoms with Crippen LogP contribution in [0, 0.1) is 11.6 Å². The second kappa shape index (κ2) is 7.40. The number of hydrogen-bond donors (Lipinski definition) is 1. The summed E-state index contributed by atoms with van der Waals surface area (Å²) in [6.45, 7) is -0.244. The number of fused-ring (bicyclic) bond motifs is 3. The summed E-state index contributed by atoms with van der Waals surface area (Å²) in [5, 5.41) is 2.23. The average Bonchev–Trinajstić information content (AvgIpc) is 3.13. The van der Waals surface area contributed by atoms with Crippen molar-refractivity contribution in [2.24, 2.45) is 0 Å². The fourth-order valence-corrected chi connectivity index (χ4v) is 3.87. The molecule has 2 heterocycles. The molecule has 8 heteroatoms. The van der Waals surface area contributed by atoms with Gasteiger partial charge in [0.15, 0.2) is 6.61 Å². The SMILES string of the molecule is O=C(COC(=O)c1cc2c(s1)-c1ccccc1OC2)Nc1ccc(F)cc1F. The molecule has 4 rings (SSSR count). The van der Waals surface area contributed by atoms with Gasteiger partial charge in [0.05, 0.1) is 5.69 Å². The molecular formula is C20H13F2NO4S. The third kappa shape index (κ3) is 3.59. The second-order valence-electron chi connectivity index (χ2n) is 6.00. The van der Waals surface area contributed by atoms with E-state index in [9.17, 15) is 18.4 Å². The first kappa shape index (κ1) is 18.1. The Labute approximate surface area is 162 Å². The van der Waals surface area contributed by atoms with Crippen molar-refractivity contribution in [3.05, 3.63) is 70.6 Å². The zero-order valence-corrected chi connectivity index (χ0v) is 15.1. The van der Waals surface area contributed by atoms with Crippen molar-refractivity contribution in [2.75, 3.05) is 11.9 Å². The molecule has 1 aliphatic rings. The van der Waals surface area contributed by atoms with Crippen LogP contribution in [0.2, 0.25) is 0 Å². The number of halogens is 2. The van der Waals surface area contributed by atoms with Gasteiger partial charge in [0, 0.05) is 22.1 Å². The van der Waals surface area contributed by atoms with Gasteiger partial charge in [-0.2, -0.15) is 0 Å². The first-order valence-corrected chi connectivity index (χ1v) is 9.10. The average molecular weight is 401 g/mol. The number of anilines is 1. The Morgan fingerprint density at radius 2 is 1.96 bits per heavy atom. The molecule has 0 fully saturated rings. The van der Waals surface area contributed by atoms with Crippen molar-refractivity contribution in [3.8, 4) is 16.2 Å². The van der Waals surface area contributed by atoms with Crippen molar-refractivity contribution < 1.29 is 27.8 Å². The number of benzene rings is 2. The molecule has 1 aliphatic heterocycles. The van der Waals surface area contributed by atoms with E-state index in [0.29, 0.717) is 17.6 Å². The monoisotopic (exact) mass is 401 g/mol. The lowest BCUT2D eigenvalue weighted by Crippen LogP contribution is -2.21. The number of hydrogen-bond acceptors (Lipinski definition) is 5. The fraction of sp³-hybridized carbons (Fsp3) is 0.100. The van der Waals surface area contributed by atoms with E-state index >= 15 is 0 Å². The predicted octanol–water partition coefficient (Wildman–Crippen LogP) is 4.38. The maximum absolute atomic E-state index is 13.6. The van der Waals surface area contributed by atoms with E-state index < -0.39 is 30.1 Å². The highest BCUT2D eigenvalue weighted by Crippen LogP contribution is 2.42. The lowest BCUT2D eigenvalue weighted by Gasteiger charge is -2.16. The van der Waals surface area contributed by atoms with Crippen molar-refractivity contribution in [3.63, 3.8) is 0 Å². The Kier molecular flexibility index (Phi) is 4.79. The van der Waals surface area contributed by atoms with E-state index in [4.69, 9.17) is 9.47 Å². The molecule has 3 aromatic rings. The van der Waals surface area contributed by atoms with Crippen LogP contribution in [0.5, 0.6) is 5.75 Å². The Bertz CT molecular complexity index is 1080. The number of amides is 1. The quantitative estimate of drug-likeness (QED) is 0.659. The van der Waals surface area contributed by atoms with Crippen molar-refractivity contribution >= 4 is 28.9 Å². The minimum atomic E-state index is -0.913. The number of carbonyl (C=O) groups excluding carboxylic acids is 2. The summed E-state index contributed by atoms with van der Waals surface area (Å²) in [5.41, 5.74) is 1.58. The molecule has 1 aromatic heterocycles. The van der Waals surface area contributed by atoms with Gasteiger partial charge in [0.25, 0.3) is 5.91 Å². The second-order valence-corrected chi connectivity index (χ2v) is 7.05. The van der Waals surface area contributed by atoms with Crippen molar-refractivity contribution in [2.45, 2.75) is 6.61 Å². The zero-order chi connectivity index (χ0) is 19.7. The van der Waals surface area contributed by atoms with E-state index in [2.05, 4.69) is 5.32 Å². The highest BCUT2D eigenvalue weighted by atomic mass is 32.1. The maximum atomic E-state index is 13.6. The summed E-state index contributed by atoms with van der Waals surface area (Å²) in [6.07, 6.45) is 0. The third-order valence-corrected chi connectivity index (χ3v) is 5.26. The lowest BCUT2D eigenvalue weighted by atomic mass is 10.1. The first-order valence-electron chi connectivity index (χ1n) is 8.28. The summed E-state index contributed by atoms with van der Waals surface area (Å²) >= 11 is 1.26. The molecule has 0 saturated carbocycles. The van der Waals surface area contributed by atoms with Crippen LogP contribution in [0.15, 0.2) is 48.5 Å². The summed E-state index contributed by atoms with van der Waals surface area (Å²) in [4.78, 5) is 25.4. The van der Waals surface area contributed by atoms with Crippen LogP contribution < -0.4 is 10.1 Å². The maximum Gasteiger partial charge on any atom is 0.348 e. The van der Waals surface area contributed by atoms with Crippen molar-refractivity contribution in [1.29, 1.82) is 0 Å². The molecule has 0 spiro atoms. The predicted molar refractivity (Wildman–Crippen MR) is 99.4 cm³/mol. The van der Waals surface area contributed by atoms with Crippen LogP contribution >= 0.6 is 11.3 Å². The summed E-state index contributed by atoms with van der Waals surface area (Å²) < 4.78 is 37.1. The number of rotatable bonds is 4. The van der Waals surface area contributed by atoms with Crippen molar-refractivity contribution in [1.82, 2.24) is 0 Å². The largest absolute Gasteiger partial charge is 0.488 e. The van der Waals surface area contributed by atoms with Gasteiger partial charge in [0.1, 0.15) is 28.9 Å². The summed E-state index contributed by atoms with van der Waals surface area (Å²) in [6, 6.07) is 11.9. The Hall–Kier alpha value is -3.26. The van der Waals surface area contributed by atoms with Gasteiger partial charge in [-0.15, -0.1) is 11.3 Å². The van der Waals surface area contributed by atoms with Gasteiger partial charge in [-0.25, -0.2) is 13.6 Å². The molecule has 1 amide bonds. The highest BCUT2D eigenvalue weighted by Gasteiger charge is 2.23. The van der Waals surface area contributed by atoms with Crippen LogP contribution in [-0.4, -0.2) is 18.5 Å². The molecule has 28 heavy (non-hydrogen) atoms. The highest BCUT2D eigenvalue weighted by molar-refractivity contribution is 7.17. The summed E-state index contributed by atoms with van der Waals surface area (Å²) in [5.74, 6) is -2.31. The van der Waals surface area contributed by atoms with Gasteiger partial charge in [0.2, 0.25) is 0 Å². The third-order valence-electron chi connectivity index (χ3n) is 4.06. The van der Waals surface area contributed by atoms with Gasteiger partial charge >= 0.3 is 5.97 Å².